The number of aliphatic hydroxyl groups is 3. The van der Waals surface area contributed by atoms with Crippen LogP contribution in [0.15, 0.2) is 45.6 Å². The number of ether oxygens (including phenoxy) is 5. The Morgan fingerprint density at radius 2 is 1.47 bits per heavy atom. The van der Waals surface area contributed by atoms with Crippen molar-refractivity contribution in [2.75, 3.05) is 64.4 Å². The summed E-state index contributed by atoms with van der Waals surface area (Å²) < 4.78 is 112. The molecule has 0 amide bonds. The molecule has 3 saturated heterocycles. The van der Waals surface area contributed by atoms with E-state index < -0.39 is 153 Å². The molecule has 0 spiro atoms. The number of nitrogen functional groups attached to an aromatic ring is 2. The summed E-state index contributed by atoms with van der Waals surface area (Å²) >= 11 is 0. The van der Waals surface area contributed by atoms with Crippen LogP contribution < -0.4 is 32.8 Å². The van der Waals surface area contributed by atoms with Crippen LogP contribution in [0.2, 0.25) is 0 Å². The molecule has 3 fully saturated rings. The van der Waals surface area contributed by atoms with Gasteiger partial charge in [0, 0.05) is 39.0 Å². The van der Waals surface area contributed by atoms with E-state index in [0.29, 0.717) is 0 Å². The van der Waals surface area contributed by atoms with Gasteiger partial charge in [0.1, 0.15) is 54.6 Å². The summed E-state index contributed by atoms with van der Waals surface area (Å²) in [5.41, 5.74) is 9.59. The number of aliphatic hydroxyl groups excluding tert-OH is 3. The van der Waals surface area contributed by atoms with Gasteiger partial charge in [-0.1, -0.05) is 4.98 Å². The number of methoxy groups -OCH3 is 2. The maximum absolute atomic E-state index is 13.6. The number of aromatic amines is 2. The van der Waals surface area contributed by atoms with Crippen LogP contribution in [0.5, 0.6) is 0 Å². The number of fused-ring (bicyclic) bond motifs is 2. The minimum atomic E-state index is -5.52. The second kappa shape index (κ2) is 22.6. The van der Waals surface area contributed by atoms with E-state index in [1.165, 1.54) is 40.5 Å². The first kappa shape index (κ1) is 57.6. The van der Waals surface area contributed by atoms with Crippen LogP contribution in [0.1, 0.15) is 25.1 Å². The van der Waals surface area contributed by atoms with Gasteiger partial charge in [0.05, 0.1) is 51.6 Å². The fraction of sp³-hybridized carbons (Fsp3) is 0.611. The molecule has 13 N–H and O–H groups in total. The summed E-state index contributed by atoms with van der Waals surface area (Å²) in [5, 5.41) is 32.7. The molecule has 0 saturated carbocycles. The first-order valence-electron chi connectivity index (χ1n) is 22.4. The number of imidazole rings is 2. The van der Waals surface area contributed by atoms with E-state index in [0.717, 1.165) is 30.3 Å². The molecule has 0 bridgehead atoms. The molecule has 3 aliphatic heterocycles. The van der Waals surface area contributed by atoms with E-state index in [2.05, 4.69) is 29.2 Å². The first-order valence-corrected chi connectivity index (χ1v) is 28.9. The summed E-state index contributed by atoms with van der Waals surface area (Å²) in [5.74, 6) is -1.16. The Morgan fingerprint density at radius 1 is 0.789 bits per heavy atom. The third kappa shape index (κ3) is 12.5. The molecular weight excluding hydrogens is 1110 g/mol. The van der Waals surface area contributed by atoms with Crippen molar-refractivity contribution in [2.45, 2.75) is 73.9 Å². The molecule has 40 heteroatoms. The molecule has 0 aromatic carbocycles. The summed E-state index contributed by atoms with van der Waals surface area (Å²) in [6.45, 7) is -2.72. The lowest BCUT2D eigenvalue weighted by Crippen LogP contribution is -2.45. The lowest BCUT2D eigenvalue weighted by molar-refractivity contribution is -0.745. The summed E-state index contributed by atoms with van der Waals surface area (Å²) in [7, 11) is -17.2. The van der Waals surface area contributed by atoms with Crippen LogP contribution in [0.3, 0.4) is 0 Å². The Kier molecular flexibility index (Phi) is 17.2. The number of aryl methyl sites for hydroxylation is 1. The highest BCUT2D eigenvalue weighted by atomic mass is 31.3. The molecule has 420 valence electrons. The minimum Gasteiger partial charge on any atom is -0.387 e. The van der Waals surface area contributed by atoms with E-state index in [4.69, 9.17) is 53.2 Å². The molecule has 76 heavy (non-hydrogen) atoms. The predicted octanol–water partition coefficient (Wildman–Crippen LogP) is -3.43. The molecular formula is C36H53N12O24P4+. The Hall–Kier alpha value is -4.58. The molecule has 0 aliphatic carbocycles. The van der Waals surface area contributed by atoms with E-state index in [9.17, 15) is 67.5 Å². The highest BCUT2D eigenvalue weighted by Crippen LogP contribution is 2.62. The molecule has 5 aromatic heterocycles. The van der Waals surface area contributed by atoms with Gasteiger partial charge in [-0.15, -0.1) is 0 Å². The average Bonchev–Trinajstić information content (AvgIpc) is 4.20. The number of nitrogens with zero attached hydrogens (tertiary/aromatic N) is 8. The second-order valence-electron chi connectivity index (χ2n) is 17.4. The Labute approximate surface area is 425 Å². The highest BCUT2D eigenvalue weighted by Gasteiger charge is 2.53. The molecule has 16 atom stereocenters. The van der Waals surface area contributed by atoms with Crippen molar-refractivity contribution >= 4 is 64.9 Å². The molecule has 5 unspecified atom stereocenters. The van der Waals surface area contributed by atoms with Crippen LogP contribution in [0.4, 0.5) is 11.8 Å². The van der Waals surface area contributed by atoms with Gasteiger partial charge in [-0.25, -0.2) is 37.8 Å². The number of nitrogens with one attached hydrogen (secondary N) is 2. The Bertz CT molecular complexity index is 3300. The number of hydrogen-bond donors (Lipinski definition) is 11. The number of nitrogens with two attached hydrogens (primary N) is 2. The van der Waals surface area contributed by atoms with E-state index >= 15 is 0 Å². The topological polar surface area (TPSA) is 507 Å². The van der Waals surface area contributed by atoms with Crippen molar-refractivity contribution in [3.05, 3.63) is 62.4 Å². The first-order chi connectivity index (χ1) is 35.7. The molecule has 36 nitrogen and oxygen atoms in total. The van der Waals surface area contributed by atoms with Crippen molar-refractivity contribution in [1.29, 1.82) is 0 Å². The van der Waals surface area contributed by atoms with Crippen molar-refractivity contribution in [1.82, 2.24) is 43.6 Å². The van der Waals surface area contributed by atoms with Crippen LogP contribution in [-0.4, -0.2) is 180 Å². The molecule has 3 aliphatic rings. The second-order valence-corrected chi connectivity index (χ2v) is 24.3. The number of phosphoric ester groups is 2. The van der Waals surface area contributed by atoms with Crippen molar-refractivity contribution in [2.24, 2.45) is 13.0 Å². The van der Waals surface area contributed by atoms with Crippen LogP contribution in [0, 0.1) is 5.92 Å². The zero-order chi connectivity index (χ0) is 55.2. The van der Waals surface area contributed by atoms with Gasteiger partial charge in [0.25, 0.3) is 17.1 Å². The zero-order valence-electron chi connectivity index (χ0n) is 39.9. The predicted molar refractivity (Wildman–Crippen MR) is 250 cm³/mol. The normalized spacial score (nSPS) is 30.1. The van der Waals surface area contributed by atoms with Crippen molar-refractivity contribution < 1.29 is 104 Å². The average molecular weight is 1160 g/mol. The van der Waals surface area contributed by atoms with Gasteiger partial charge in [-0.2, -0.15) is 0 Å². The number of anilines is 2. The summed E-state index contributed by atoms with van der Waals surface area (Å²) in [6.07, 6.45) is -14.6. The van der Waals surface area contributed by atoms with Crippen LogP contribution in [-0.2, 0) is 71.4 Å². The molecule has 0 radical (unpaired) electrons. The summed E-state index contributed by atoms with van der Waals surface area (Å²) in [4.78, 5) is 100. The van der Waals surface area contributed by atoms with Gasteiger partial charge in [0.2, 0.25) is 11.7 Å². The fourth-order valence-corrected chi connectivity index (χ4v) is 14.4. The Balaban J connectivity index is 0.916. The van der Waals surface area contributed by atoms with Gasteiger partial charge >= 0.3 is 42.2 Å². The third-order valence-corrected chi connectivity index (χ3v) is 18.1. The third-order valence-electron chi connectivity index (χ3n) is 12.3. The lowest BCUT2D eigenvalue weighted by Gasteiger charge is -2.26. The van der Waals surface area contributed by atoms with Gasteiger partial charge in [-0.3, -0.25) is 56.0 Å². The number of phosphoric acid groups is 2. The van der Waals surface area contributed by atoms with Crippen molar-refractivity contribution in [3.63, 3.8) is 0 Å². The number of H-pyrrole nitrogens is 2. The van der Waals surface area contributed by atoms with Gasteiger partial charge in [0.15, 0.2) is 30.2 Å². The smallest absolute Gasteiger partial charge is 0.387 e. The maximum Gasteiger partial charge on any atom is 0.479 e. The van der Waals surface area contributed by atoms with E-state index in [1.807, 2.05) is 4.98 Å². The van der Waals surface area contributed by atoms with Crippen LogP contribution in [0.25, 0.3) is 22.3 Å². The monoisotopic (exact) mass is 1160 g/mol. The lowest BCUT2D eigenvalue weighted by atomic mass is 9.95. The number of hydrogen-bond acceptors (Lipinski definition) is 26. The van der Waals surface area contributed by atoms with Crippen molar-refractivity contribution in [3.8, 4) is 0 Å². The van der Waals surface area contributed by atoms with Gasteiger partial charge < -0.3 is 74.6 Å². The Morgan fingerprint density at radius 3 is 2.18 bits per heavy atom. The number of aromatic nitrogens is 10. The molecule has 5 aromatic rings. The standard InChI is InChI=1S/C36H52N12O24P4/c1-45-15-48(30-22(45)31(53)44-35(38)43-30)32-23(50)16(5-7-63-2)17(68-32)10-67-76(61,62)72-74(57,58)9-8-73(55,56)65-12-19-26(27(64-3)34(70-19)47-14-41-21-28(37)39-13-40-29(21)47)71-75(59,60)66-11-18-24(51)25(52)33(69-18)46-6-4-20(49)42-36(46)54/h4,6,13-19,23-27,32-34,50-52H,5,7-12H2,1-3H3,(H9-,37,38,39,40,42,43,44,49,53,54,55,56,57,58,59,60,61,62)/p+1/t16-,17-,18?,19-,23-,24-,25-,26-,27-,32-,33-,34-/m1/s1. The van der Waals surface area contributed by atoms with Gasteiger partial charge in [-0.05, 0) is 6.42 Å². The SMILES string of the molecule is COCC[C@H]1[C@@H](O)[C@H]([n+]2cn(C)c3c(=O)[nH]c(N)nc32)O[C@@H]1COP(=O)(O)OP(=O)(O)CCP(=O)(O)OC[C@H]1O[C@@H](n2cnc3c(N)ncnc32)[C@H](OC)[C@@H]1OP(=O)(O)OCC1O[C@@H](n2ccc(=O)[nH]c2=O)[C@H](O)[C@@H]1O. The van der Waals surface area contributed by atoms with Crippen LogP contribution >= 0.6 is 30.8 Å². The number of rotatable bonds is 23. The molecule has 8 rings (SSSR count). The quantitative estimate of drug-likeness (QED) is 0.0224. The summed E-state index contributed by atoms with van der Waals surface area (Å²) in [6, 6.07) is 0.942. The molecule has 8 heterocycles. The van der Waals surface area contributed by atoms with E-state index in [1.54, 1.807) is 0 Å². The zero-order valence-corrected chi connectivity index (χ0v) is 43.4. The maximum atomic E-state index is 13.6. The highest BCUT2D eigenvalue weighted by molar-refractivity contribution is 7.64. The largest absolute Gasteiger partial charge is 0.479 e. The van der Waals surface area contributed by atoms with E-state index in [-0.39, 0.29) is 47.1 Å². The fourth-order valence-electron chi connectivity index (χ4n) is 8.73. The minimum absolute atomic E-state index is 0.0263.